The van der Waals surface area contributed by atoms with Crippen molar-refractivity contribution in [3.8, 4) is 11.5 Å². The molecule has 4 heteroatoms. The molecule has 21 heavy (non-hydrogen) atoms. The van der Waals surface area contributed by atoms with Crippen LogP contribution in [0, 0.1) is 0 Å². The van der Waals surface area contributed by atoms with Gasteiger partial charge in [-0.15, -0.1) is 0 Å². The highest BCUT2D eigenvalue weighted by Crippen LogP contribution is 2.29. The lowest BCUT2D eigenvalue weighted by atomic mass is 10.1. The molecule has 0 amide bonds. The van der Waals surface area contributed by atoms with Crippen molar-refractivity contribution in [3.05, 3.63) is 53.6 Å². The minimum absolute atomic E-state index is 0.120. The van der Waals surface area contributed by atoms with Gasteiger partial charge in [-0.2, -0.15) is 0 Å². The normalized spacial score (nSPS) is 12.0. The van der Waals surface area contributed by atoms with Crippen molar-refractivity contribution in [2.45, 2.75) is 19.5 Å². The summed E-state index contributed by atoms with van der Waals surface area (Å²) in [5, 5.41) is 3.47. The fourth-order valence-electron chi connectivity index (χ4n) is 2.25. The number of hydrogen-bond acceptors (Lipinski definition) is 4. The fraction of sp³-hybridized carbons (Fsp3) is 0.294. The van der Waals surface area contributed by atoms with E-state index in [-0.39, 0.29) is 6.04 Å². The maximum absolute atomic E-state index is 5.96. The van der Waals surface area contributed by atoms with Gasteiger partial charge in [0.1, 0.15) is 11.5 Å². The van der Waals surface area contributed by atoms with Crippen molar-refractivity contribution in [1.82, 2.24) is 5.32 Å². The molecule has 0 aliphatic heterocycles. The standard InChI is InChI=1S/C17H22N2O2/c1-12(19-11-13-6-4-5-7-16(13)18)15-10-14(20-2)8-9-17(15)21-3/h4-10,12,19H,11,18H2,1-3H3. The minimum Gasteiger partial charge on any atom is -0.497 e. The number of nitrogens with two attached hydrogens (primary N) is 1. The van der Waals surface area contributed by atoms with Gasteiger partial charge in [-0.25, -0.2) is 0 Å². The van der Waals surface area contributed by atoms with Gasteiger partial charge in [-0.1, -0.05) is 18.2 Å². The molecule has 2 aromatic rings. The first-order valence-electron chi connectivity index (χ1n) is 6.94. The first-order chi connectivity index (χ1) is 10.2. The number of nitrogens with one attached hydrogen (secondary N) is 1. The van der Waals surface area contributed by atoms with Crippen LogP contribution in [0.2, 0.25) is 0 Å². The predicted molar refractivity (Wildman–Crippen MR) is 85.7 cm³/mol. The molecule has 0 saturated carbocycles. The average Bonchev–Trinajstić information content (AvgIpc) is 2.53. The summed E-state index contributed by atoms with van der Waals surface area (Å²) in [6, 6.07) is 13.8. The summed E-state index contributed by atoms with van der Waals surface area (Å²) < 4.78 is 10.7. The molecule has 1 atom stereocenters. The van der Waals surface area contributed by atoms with Crippen LogP contribution in [-0.4, -0.2) is 14.2 Å². The molecule has 0 heterocycles. The summed E-state index contributed by atoms with van der Waals surface area (Å²) >= 11 is 0. The molecule has 0 spiro atoms. The monoisotopic (exact) mass is 286 g/mol. The molecule has 0 aliphatic rings. The van der Waals surface area contributed by atoms with E-state index in [4.69, 9.17) is 15.2 Å². The summed E-state index contributed by atoms with van der Waals surface area (Å²) in [5.41, 5.74) is 8.91. The van der Waals surface area contributed by atoms with E-state index >= 15 is 0 Å². The highest BCUT2D eigenvalue weighted by atomic mass is 16.5. The van der Waals surface area contributed by atoms with E-state index in [9.17, 15) is 0 Å². The molecule has 0 fully saturated rings. The third-order valence-electron chi connectivity index (χ3n) is 3.56. The van der Waals surface area contributed by atoms with Crippen molar-refractivity contribution >= 4 is 5.69 Å². The number of anilines is 1. The Balaban J connectivity index is 2.13. The molecule has 0 radical (unpaired) electrons. The number of rotatable bonds is 6. The zero-order valence-electron chi connectivity index (χ0n) is 12.7. The van der Waals surface area contributed by atoms with Gasteiger partial charge in [0.05, 0.1) is 14.2 Å². The van der Waals surface area contributed by atoms with Gasteiger partial charge in [0.15, 0.2) is 0 Å². The summed E-state index contributed by atoms with van der Waals surface area (Å²) in [6.07, 6.45) is 0. The van der Waals surface area contributed by atoms with Crippen LogP contribution in [0.15, 0.2) is 42.5 Å². The molecule has 0 saturated heterocycles. The van der Waals surface area contributed by atoms with Gasteiger partial charge < -0.3 is 20.5 Å². The van der Waals surface area contributed by atoms with Crippen LogP contribution < -0.4 is 20.5 Å². The van der Waals surface area contributed by atoms with Crippen LogP contribution in [0.25, 0.3) is 0 Å². The highest BCUT2D eigenvalue weighted by Gasteiger charge is 2.12. The SMILES string of the molecule is COc1ccc(OC)c(C(C)NCc2ccccc2N)c1. The Bertz CT molecular complexity index is 599. The van der Waals surface area contributed by atoms with E-state index < -0.39 is 0 Å². The first-order valence-corrected chi connectivity index (χ1v) is 6.94. The first kappa shape index (κ1) is 15.2. The van der Waals surface area contributed by atoms with E-state index in [0.29, 0.717) is 6.54 Å². The van der Waals surface area contributed by atoms with Crippen molar-refractivity contribution in [3.63, 3.8) is 0 Å². The van der Waals surface area contributed by atoms with Crippen LogP contribution in [0.5, 0.6) is 11.5 Å². The van der Waals surface area contributed by atoms with Crippen molar-refractivity contribution < 1.29 is 9.47 Å². The summed E-state index contributed by atoms with van der Waals surface area (Å²) in [6.45, 7) is 2.80. The Morgan fingerprint density at radius 2 is 1.86 bits per heavy atom. The van der Waals surface area contributed by atoms with Crippen LogP contribution in [0.3, 0.4) is 0 Å². The Morgan fingerprint density at radius 1 is 1.10 bits per heavy atom. The minimum atomic E-state index is 0.120. The highest BCUT2D eigenvalue weighted by molar-refractivity contribution is 5.46. The van der Waals surface area contributed by atoms with Gasteiger partial charge in [-0.3, -0.25) is 0 Å². The summed E-state index contributed by atoms with van der Waals surface area (Å²) in [7, 11) is 3.33. The molecule has 2 rings (SSSR count). The van der Waals surface area contributed by atoms with Gasteiger partial charge in [0.25, 0.3) is 0 Å². The molecular formula is C17H22N2O2. The van der Waals surface area contributed by atoms with E-state index in [1.807, 2.05) is 42.5 Å². The van der Waals surface area contributed by atoms with Crippen LogP contribution in [0.4, 0.5) is 5.69 Å². The zero-order chi connectivity index (χ0) is 15.2. The molecule has 112 valence electrons. The van der Waals surface area contributed by atoms with Crippen LogP contribution in [-0.2, 0) is 6.54 Å². The van der Waals surface area contributed by atoms with E-state index in [2.05, 4.69) is 12.2 Å². The quantitative estimate of drug-likeness (QED) is 0.801. The summed E-state index contributed by atoms with van der Waals surface area (Å²) in [5.74, 6) is 1.66. The van der Waals surface area contributed by atoms with Crippen LogP contribution in [0.1, 0.15) is 24.1 Å². The lowest BCUT2D eigenvalue weighted by molar-refractivity contribution is 0.391. The Kier molecular flexibility index (Phi) is 5.06. The largest absolute Gasteiger partial charge is 0.497 e. The lowest BCUT2D eigenvalue weighted by Crippen LogP contribution is -2.19. The molecular weight excluding hydrogens is 264 g/mol. The number of ether oxygens (including phenoxy) is 2. The van der Waals surface area contributed by atoms with Crippen molar-refractivity contribution in [1.29, 1.82) is 0 Å². The fourth-order valence-corrected chi connectivity index (χ4v) is 2.25. The number of hydrogen-bond donors (Lipinski definition) is 2. The number of benzene rings is 2. The van der Waals surface area contributed by atoms with Gasteiger partial charge >= 0.3 is 0 Å². The maximum atomic E-state index is 5.96. The molecule has 4 nitrogen and oxygen atoms in total. The second-order valence-corrected chi connectivity index (χ2v) is 4.91. The van der Waals surface area contributed by atoms with Gasteiger partial charge in [0.2, 0.25) is 0 Å². The molecule has 2 aromatic carbocycles. The van der Waals surface area contributed by atoms with Crippen molar-refractivity contribution in [2.24, 2.45) is 0 Å². The Hall–Kier alpha value is -2.20. The lowest BCUT2D eigenvalue weighted by Gasteiger charge is -2.18. The van der Waals surface area contributed by atoms with E-state index in [0.717, 1.165) is 28.3 Å². The zero-order valence-corrected chi connectivity index (χ0v) is 12.7. The average molecular weight is 286 g/mol. The third kappa shape index (κ3) is 3.67. The van der Waals surface area contributed by atoms with E-state index in [1.54, 1.807) is 14.2 Å². The Morgan fingerprint density at radius 3 is 2.52 bits per heavy atom. The predicted octanol–water partition coefficient (Wildman–Crippen LogP) is 3.14. The molecule has 3 N–H and O–H groups in total. The van der Waals surface area contributed by atoms with Gasteiger partial charge in [0, 0.05) is 23.8 Å². The smallest absolute Gasteiger partial charge is 0.123 e. The van der Waals surface area contributed by atoms with E-state index in [1.165, 1.54) is 0 Å². The number of nitrogen functional groups attached to an aromatic ring is 1. The molecule has 0 aromatic heterocycles. The molecule has 0 aliphatic carbocycles. The molecule has 1 unspecified atom stereocenters. The summed E-state index contributed by atoms with van der Waals surface area (Å²) in [4.78, 5) is 0. The second kappa shape index (κ2) is 6.99. The number of para-hydroxylation sites is 1. The maximum Gasteiger partial charge on any atom is 0.123 e. The van der Waals surface area contributed by atoms with Crippen LogP contribution >= 0.6 is 0 Å². The molecule has 0 bridgehead atoms. The second-order valence-electron chi connectivity index (χ2n) is 4.91. The topological polar surface area (TPSA) is 56.5 Å². The van der Waals surface area contributed by atoms with Crippen molar-refractivity contribution in [2.75, 3.05) is 20.0 Å². The number of methoxy groups -OCH3 is 2. The Labute approximate surface area is 125 Å². The van der Waals surface area contributed by atoms with Gasteiger partial charge in [-0.05, 0) is 36.8 Å². The third-order valence-corrected chi connectivity index (χ3v) is 3.56.